The third-order valence-electron chi connectivity index (χ3n) is 2.51. The number of hydrogen-bond acceptors (Lipinski definition) is 3. The van der Waals surface area contributed by atoms with Crippen LogP contribution < -0.4 is 5.56 Å². The van der Waals surface area contributed by atoms with Gasteiger partial charge in [0.1, 0.15) is 5.82 Å². The molecule has 0 aromatic carbocycles. The minimum absolute atomic E-state index is 0.101. The first-order valence-corrected chi connectivity index (χ1v) is 6.72. The lowest BCUT2D eigenvalue weighted by molar-refractivity contribution is 0.764. The van der Waals surface area contributed by atoms with E-state index in [2.05, 4.69) is 29.0 Å². The van der Waals surface area contributed by atoms with Crippen LogP contribution in [0.15, 0.2) is 23.0 Å². The van der Waals surface area contributed by atoms with Crippen LogP contribution in [0, 0.1) is 6.92 Å². The first kappa shape index (κ1) is 12.8. The lowest BCUT2D eigenvalue weighted by atomic mass is 10.2. The Bertz CT molecular complexity index is 623. The number of aromatic nitrogens is 2. The Morgan fingerprint density at radius 2 is 2.11 bits per heavy atom. The maximum atomic E-state index is 11.5. The van der Waals surface area contributed by atoms with Gasteiger partial charge in [-0.1, -0.05) is 13.8 Å². The second-order valence-corrected chi connectivity index (χ2v) is 5.81. The molecule has 0 aliphatic carbocycles. The van der Waals surface area contributed by atoms with Gasteiger partial charge in [-0.3, -0.25) is 4.79 Å². The molecule has 2 aromatic rings. The molecule has 0 saturated heterocycles. The Morgan fingerprint density at radius 3 is 2.72 bits per heavy atom. The van der Waals surface area contributed by atoms with E-state index in [1.807, 2.05) is 26.0 Å². The predicted octanol–water partition coefficient (Wildman–Crippen LogP) is 3.43. The van der Waals surface area contributed by atoms with Crippen molar-refractivity contribution in [1.82, 2.24) is 9.97 Å². The molecule has 0 saturated carbocycles. The summed E-state index contributed by atoms with van der Waals surface area (Å²) in [6, 6.07) is 5.66. The summed E-state index contributed by atoms with van der Waals surface area (Å²) in [6.45, 7) is 6.09. The number of aryl methyl sites for hydroxylation is 1. The number of nitrogens with one attached hydrogen (secondary N) is 1. The number of thiophene rings is 1. The highest BCUT2D eigenvalue weighted by atomic mass is 32.1. The molecule has 0 atom stereocenters. The Balaban J connectivity index is 2.29. The molecule has 0 bridgehead atoms. The molecule has 0 aliphatic rings. The SMILES string of the molecule is Cc1ccc(/C=C/c2cc(=O)[nH]c(C(C)C)n2)s1. The standard InChI is InChI=1S/C14H16N2OS/c1-9(2)14-15-11(8-13(17)16-14)5-7-12-6-4-10(3)18-12/h4-9H,1-3H3,(H,15,16,17)/b7-5+. The van der Waals surface area contributed by atoms with Gasteiger partial charge in [0.05, 0.1) is 5.69 Å². The van der Waals surface area contributed by atoms with E-state index in [1.165, 1.54) is 15.8 Å². The second-order valence-electron chi connectivity index (χ2n) is 4.49. The van der Waals surface area contributed by atoms with Gasteiger partial charge in [-0.2, -0.15) is 0 Å². The van der Waals surface area contributed by atoms with Gasteiger partial charge in [0.2, 0.25) is 0 Å². The van der Waals surface area contributed by atoms with Crippen LogP contribution in [0.1, 0.15) is 41.0 Å². The summed E-state index contributed by atoms with van der Waals surface area (Å²) >= 11 is 1.72. The Labute approximate surface area is 110 Å². The second kappa shape index (κ2) is 5.31. The minimum atomic E-state index is -0.101. The zero-order valence-electron chi connectivity index (χ0n) is 10.7. The molecule has 3 nitrogen and oxygen atoms in total. The van der Waals surface area contributed by atoms with E-state index in [1.54, 1.807) is 11.3 Å². The molecular formula is C14H16N2OS. The summed E-state index contributed by atoms with van der Waals surface area (Å²) in [5.41, 5.74) is 0.601. The molecule has 4 heteroatoms. The van der Waals surface area contributed by atoms with Gasteiger partial charge in [0, 0.05) is 21.7 Å². The van der Waals surface area contributed by atoms with Crippen LogP contribution in [0.25, 0.3) is 12.2 Å². The van der Waals surface area contributed by atoms with E-state index < -0.39 is 0 Å². The number of aromatic amines is 1. The highest BCUT2D eigenvalue weighted by Crippen LogP contribution is 2.17. The van der Waals surface area contributed by atoms with Crippen LogP contribution in [0.5, 0.6) is 0 Å². The average Bonchev–Trinajstić information content (AvgIpc) is 2.72. The lowest BCUT2D eigenvalue weighted by Gasteiger charge is -2.03. The maximum absolute atomic E-state index is 11.5. The first-order chi connectivity index (χ1) is 8.54. The van der Waals surface area contributed by atoms with Gasteiger partial charge < -0.3 is 4.98 Å². The van der Waals surface area contributed by atoms with Crippen LogP contribution in [0.2, 0.25) is 0 Å². The summed E-state index contributed by atoms with van der Waals surface area (Å²) in [5.74, 6) is 0.944. The summed E-state index contributed by atoms with van der Waals surface area (Å²) in [4.78, 5) is 21.1. The number of nitrogens with zero attached hydrogens (tertiary/aromatic N) is 1. The highest BCUT2D eigenvalue weighted by Gasteiger charge is 2.03. The normalized spacial score (nSPS) is 11.6. The van der Waals surface area contributed by atoms with E-state index >= 15 is 0 Å². The van der Waals surface area contributed by atoms with Crippen molar-refractivity contribution in [2.24, 2.45) is 0 Å². The fourth-order valence-electron chi connectivity index (χ4n) is 1.57. The monoisotopic (exact) mass is 260 g/mol. The fourth-order valence-corrected chi connectivity index (χ4v) is 2.35. The molecule has 0 unspecified atom stereocenters. The largest absolute Gasteiger partial charge is 0.310 e. The van der Waals surface area contributed by atoms with E-state index in [9.17, 15) is 4.79 Å². The fraction of sp³-hybridized carbons (Fsp3) is 0.286. The number of hydrogen-bond donors (Lipinski definition) is 1. The van der Waals surface area contributed by atoms with Crippen molar-refractivity contribution in [3.8, 4) is 0 Å². The van der Waals surface area contributed by atoms with Gasteiger partial charge in [0.15, 0.2) is 0 Å². The molecule has 2 aromatic heterocycles. The molecule has 0 aliphatic heterocycles. The molecule has 2 rings (SSSR count). The van der Waals surface area contributed by atoms with E-state index in [0.717, 1.165) is 5.82 Å². The third kappa shape index (κ3) is 3.17. The van der Waals surface area contributed by atoms with E-state index in [0.29, 0.717) is 5.69 Å². The minimum Gasteiger partial charge on any atom is -0.310 e. The van der Waals surface area contributed by atoms with Gasteiger partial charge >= 0.3 is 0 Å². The van der Waals surface area contributed by atoms with Gasteiger partial charge in [0.25, 0.3) is 5.56 Å². The molecule has 18 heavy (non-hydrogen) atoms. The zero-order valence-corrected chi connectivity index (χ0v) is 11.5. The predicted molar refractivity (Wildman–Crippen MR) is 76.9 cm³/mol. The van der Waals surface area contributed by atoms with Crippen molar-refractivity contribution in [3.05, 3.63) is 49.8 Å². The Hall–Kier alpha value is -1.68. The number of H-pyrrole nitrogens is 1. The molecule has 94 valence electrons. The topological polar surface area (TPSA) is 45.8 Å². The zero-order chi connectivity index (χ0) is 13.1. The van der Waals surface area contributed by atoms with Crippen molar-refractivity contribution in [2.75, 3.05) is 0 Å². The molecule has 0 radical (unpaired) electrons. The van der Waals surface area contributed by atoms with Crippen LogP contribution in [-0.4, -0.2) is 9.97 Å². The van der Waals surface area contributed by atoms with Crippen molar-refractivity contribution >= 4 is 23.5 Å². The molecule has 0 spiro atoms. The van der Waals surface area contributed by atoms with Crippen molar-refractivity contribution in [3.63, 3.8) is 0 Å². The van der Waals surface area contributed by atoms with Gasteiger partial charge in [-0.25, -0.2) is 4.98 Å². The Morgan fingerprint density at radius 1 is 1.33 bits per heavy atom. The third-order valence-corrected chi connectivity index (χ3v) is 3.47. The molecule has 2 heterocycles. The van der Waals surface area contributed by atoms with Crippen molar-refractivity contribution in [2.45, 2.75) is 26.7 Å². The maximum Gasteiger partial charge on any atom is 0.251 e. The molecule has 0 fully saturated rings. The van der Waals surface area contributed by atoms with Crippen LogP contribution in [0.4, 0.5) is 0 Å². The van der Waals surface area contributed by atoms with Gasteiger partial charge in [-0.15, -0.1) is 11.3 Å². The van der Waals surface area contributed by atoms with Gasteiger partial charge in [-0.05, 0) is 31.2 Å². The molecular weight excluding hydrogens is 244 g/mol. The van der Waals surface area contributed by atoms with E-state index in [-0.39, 0.29) is 11.5 Å². The van der Waals surface area contributed by atoms with Crippen LogP contribution in [0.3, 0.4) is 0 Å². The summed E-state index contributed by atoms with van der Waals surface area (Å²) in [5, 5.41) is 0. The summed E-state index contributed by atoms with van der Waals surface area (Å²) < 4.78 is 0. The summed E-state index contributed by atoms with van der Waals surface area (Å²) in [7, 11) is 0. The van der Waals surface area contributed by atoms with Crippen molar-refractivity contribution < 1.29 is 0 Å². The average molecular weight is 260 g/mol. The van der Waals surface area contributed by atoms with Crippen molar-refractivity contribution in [1.29, 1.82) is 0 Å². The Kier molecular flexibility index (Phi) is 3.77. The first-order valence-electron chi connectivity index (χ1n) is 5.90. The smallest absolute Gasteiger partial charge is 0.251 e. The summed E-state index contributed by atoms with van der Waals surface area (Å²) in [6.07, 6.45) is 3.87. The quantitative estimate of drug-likeness (QED) is 0.919. The lowest BCUT2D eigenvalue weighted by Crippen LogP contribution is -2.12. The number of rotatable bonds is 3. The van der Waals surface area contributed by atoms with E-state index in [4.69, 9.17) is 0 Å². The molecule has 0 amide bonds. The highest BCUT2D eigenvalue weighted by molar-refractivity contribution is 7.12. The molecule has 1 N–H and O–H groups in total. The van der Waals surface area contributed by atoms with Crippen LogP contribution >= 0.6 is 11.3 Å². The van der Waals surface area contributed by atoms with Crippen LogP contribution in [-0.2, 0) is 0 Å².